The Hall–Kier alpha value is -0.300. The molecule has 0 amide bonds. The highest BCUT2D eigenvalue weighted by atomic mass is 79.9. The molecule has 0 saturated heterocycles. The average Bonchev–Trinajstić information content (AvgIpc) is 2.26. The van der Waals surface area contributed by atoms with E-state index in [4.69, 9.17) is 0 Å². The summed E-state index contributed by atoms with van der Waals surface area (Å²) >= 11 is 3.86. The summed E-state index contributed by atoms with van der Waals surface area (Å²) in [7, 11) is 0. The van der Waals surface area contributed by atoms with Crippen LogP contribution in [0, 0.1) is 19.8 Å². The normalized spacial score (nSPS) is 25.7. The molecule has 0 nitrogen and oxygen atoms in total. The summed E-state index contributed by atoms with van der Waals surface area (Å²) in [6, 6.07) is 6.66. The second-order valence-electron chi connectivity index (χ2n) is 5.14. The highest BCUT2D eigenvalue weighted by Gasteiger charge is 2.23. The van der Waals surface area contributed by atoms with E-state index in [2.05, 4.69) is 48.0 Å². The molecule has 1 heteroatoms. The zero-order chi connectivity index (χ0) is 11.5. The Labute approximate surface area is 108 Å². The van der Waals surface area contributed by atoms with Gasteiger partial charge < -0.3 is 0 Å². The minimum Gasteiger partial charge on any atom is -0.0888 e. The van der Waals surface area contributed by atoms with Crippen molar-refractivity contribution in [3.05, 3.63) is 34.9 Å². The van der Waals surface area contributed by atoms with Gasteiger partial charge >= 0.3 is 0 Å². The van der Waals surface area contributed by atoms with Gasteiger partial charge in [-0.2, -0.15) is 0 Å². The lowest BCUT2D eigenvalue weighted by molar-refractivity contribution is 0.372. The van der Waals surface area contributed by atoms with Crippen LogP contribution in [0.3, 0.4) is 0 Å². The SMILES string of the molecule is Cc1cccc(C)c1CC1CCCCC1Br. The third-order valence-corrected chi connectivity index (χ3v) is 5.13. The molecular weight excluding hydrogens is 260 g/mol. The molecular formula is C15H21Br. The Morgan fingerprint density at radius 1 is 1.12 bits per heavy atom. The Bertz CT molecular complexity index is 336. The Balaban J connectivity index is 2.13. The molecule has 0 spiro atoms. The molecule has 0 bridgehead atoms. The van der Waals surface area contributed by atoms with Gasteiger partial charge in [0.1, 0.15) is 0 Å². The first-order chi connectivity index (χ1) is 7.68. The number of hydrogen-bond donors (Lipinski definition) is 0. The topological polar surface area (TPSA) is 0 Å². The zero-order valence-electron chi connectivity index (χ0n) is 10.3. The zero-order valence-corrected chi connectivity index (χ0v) is 11.9. The first-order valence-corrected chi connectivity index (χ1v) is 7.29. The van der Waals surface area contributed by atoms with Crippen molar-refractivity contribution in [3.8, 4) is 0 Å². The number of halogens is 1. The van der Waals surface area contributed by atoms with Gasteiger partial charge in [-0.15, -0.1) is 0 Å². The van der Waals surface area contributed by atoms with E-state index in [-0.39, 0.29) is 0 Å². The van der Waals surface area contributed by atoms with Crippen LogP contribution in [0.25, 0.3) is 0 Å². The number of aryl methyl sites for hydroxylation is 2. The van der Waals surface area contributed by atoms with E-state index in [0.29, 0.717) is 0 Å². The highest BCUT2D eigenvalue weighted by Crippen LogP contribution is 2.33. The Kier molecular flexibility index (Phi) is 4.07. The van der Waals surface area contributed by atoms with Crippen molar-refractivity contribution in [2.75, 3.05) is 0 Å². The van der Waals surface area contributed by atoms with Gasteiger partial charge in [-0.3, -0.25) is 0 Å². The maximum Gasteiger partial charge on any atom is 0.0177 e. The van der Waals surface area contributed by atoms with Crippen LogP contribution in [0.2, 0.25) is 0 Å². The Morgan fingerprint density at radius 3 is 2.38 bits per heavy atom. The summed E-state index contributed by atoms with van der Waals surface area (Å²) in [4.78, 5) is 0.736. The maximum atomic E-state index is 3.86. The average molecular weight is 281 g/mol. The van der Waals surface area contributed by atoms with Crippen molar-refractivity contribution in [1.82, 2.24) is 0 Å². The van der Waals surface area contributed by atoms with E-state index in [1.807, 2.05) is 0 Å². The standard InChI is InChI=1S/C15H21Br/c1-11-6-5-7-12(2)14(11)10-13-8-3-4-9-15(13)16/h5-7,13,15H,3-4,8-10H2,1-2H3. The second kappa shape index (κ2) is 5.35. The lowest BCUT2D eigenvalue weighted by atomic mass is 9.83. The van der Waals surface area contributed by atoms with Gasteiger partial charge in [0.05, 0.1) is 0 Å². The fourth-order valence-corrected chi connectivity index (χ4v) is 3.60. The quantitative estimate of drug-likeness (QED) is 0.683. The maximum absolute atomic E-state index is 3.86. The van der Waals surface area contributed by atoms with Gasteiger partial charge in [-0.05, 0) is 55.7 Å². The predicted octanol–water partition coefficient (Wildman–Crippen LogP) is 4.80. The number of hydrogen-bond acceptors (Lipinski definition) is 0. The molecule has 2 rings (SSSR count). The fraction of sp³-hybridized carbons (Fsp3) is 0.600. The lowest BCUT2D eigenvalue weighted by Crippen LogP contribution is -2.22. The molecule has 1 aliphatic rings. The van der Waals surface area contributed by atoms with E-state index in [1.165, 1.54) is 43.2 Å². The fourth-order valence-electron chi connectivity index (χ4n) is 2.83. The molecule has 0 aromatic heterocycles. The van der Waals surface area contributed by atoms with Crippen LogP contribution in [0.15, 0.2) is 18.2 Å². The minimum absolute atomic E-state index is 0.736. The smallest absolute Gasteiger partial charge is 0.0177 e. The molecule has 1 saturated carbocycles. The van der Waals surface area contributed by atoms with Crippen LogP contribution in [0.1, 0.15) is 42.4 Å². The molecule has 1 aromatic rings. The summed E-state index contributed by atoms with van der Waals surface area (Å²) < 4.78 is 0. The van der Waals surface area contributed by atoms with Gasteiger partial charge in [0.25, 0.3) is 0 Å². The second-order valence-corrected chi connectivity index (χ2v) is 6.31. The van der Waals surface area contributed by atoms with E-state index in [1.54, 1.807) is 5.56 Å². The van der Waals surface area contributed by atoms with Gasteiger partial charge in [0, 0.05) is 4.83 Å². The first kappa shape index (κ1) is 12.2. The van der Waals surface area contributed by atoms with Crippen molar-refractivity contribution < 1.29 is 0 Å². The predicted molar refractivity (Wildman–Crippen MR) is 74.3 cm³/mol. The van der Waals surface area contributed by atoms with E-state index >= 15 is 0 Å². The van der Waals surface area contributed by atoms with E-state index in [9.17, 15) is 0 Å². The van der Waals surface area contributed by atoms with Gasteiger partial charge in [-0.1, -0.05) is 47.0 Å². The van der Waals surface area contributed by atoms with Crippen molar-refractivity contribution in [3.63, 3.8) is 0 Å². The lowest BCUT2D eigenvalue weighted by Gasteiger charge is -2.28. The highest BCUT2D eigenvalue weighted by molar-refractivity contribution is 9.09. The summed E-state index contributed by atoms with van der Waals surface area (Å²) in [6.45, 7) is 4.49. The molecule has 2 unspecified atom stereocenters. The number of rotatable bonds is 2. The third kappa shape index (κ3) is 2.68. The molecule has 0 heterocycles. The molecule has 0 radical (unpaired) electrons. The van der Waals surface area contributed by atoms with Crippen LogP contribution in [0.4, 0.5) is 0 Å². The molecule has 1 aromatic carbocycles. The summed E-state index contributed by atoms with van der Waals surface area (Å²) in [5, 5.41) is 0. The summed E-state index contributed by atoms with van der Waals surface area (Å²) in [5.74, 6) is 0.841. The van der Waals surface area contributed by atoms with Crippen molar-refractivity contribution in [2.45, 2.75) is 50.8 Å². The molecule has 1 aliphatic carbocycles. The van der Waals surface area contributed by atoms with Crippen molar-refractivity contribution in [1.29, 1.82) is 0 Å². The van der Waals surface area contributed by atoms with Crippen molar-refractivity contribution in [2.24, 2.45) is 5.92 Å². The summed E-state index contributed by atoms with van der Waals surface area (Å²) in [5.41, 5.74) is 4.51. The largest absolute Gasteiger partial charge is 0.0888 e. The number of benzene rings is 1. The molecule has 2 atom stereocenters. The van der Waals surface area contributed by atoms with Crippen LogP contribution < -0.4 is 0 Å². The van der Waals surface area contributed by atoms with Crippen LogP contribution in [0.5, 0.6) is 0 Å². The van der Waals surface area contributed by atoms with Crippen molar-refractivity contribution >= 4 is 15.9 Å². The Morgan fingerprint density at radius 2 is 1.75 bits per heavy atom. The van der Waals surface area contributed by atoms with Crippen LogP contribution in [-0.4, -0.2) is 4.83 Å². The van der Waals surface area contributed by atoms with Crippen LogP contribution >= 0.6 is 15.9 Å². The molecule has 16 heavy (non-hydrogen) atoms. The summed E-state index contributed by atoms with van der Waals surface area (Å²) in [6.07, 6.45) is 6.82. The van der Waals surface area contributed by atoms with E-state index < -0.39 is 0 Å². The monoisotopic (exact) mass is 280 g/mol. The van der Waals surface area contributed by atoms with Gasteiger partial charge in [-0.25, -0.2) is 0 Å². The number of alkyl halides is 1. The molecule has 1 fully saturated rings. The molecule has 0 N–H and O–H groups in total. The van der Waals surface area contributed by atoms with Gasteiger partial charge in [0.2, 0.25) is 0 Å². The van der Waals surface area contributed by atoms with E-state index in [0.717, 1.165) is 10.7 Å². The van der Waals surface area contributed by atoms with Gasteiger partial charge in [0.15, 0.2) is 0 Å². The first-order valence-electron chi connectivity index (χ1n) is 6.37. The van der Waals surface area contributed by atoms with Crippen LogP contribution in [-0.2, 0) is 6.42 Å². The molecule has 88 valence electrons. The third-order valence-electron chi connectivity index (χ3n) is 3.93. The molecule has 0 aliphatic heterocycles. The minimum atomic E-state index is 0.736.